The third-order valence-electron chi connectivity index (χ3n) is 4.46. The molecule has 0 radical (unpaired) electrons. The maximum atomic E-state index is 11.3. The Hall–Kier alpha value is -0.530. The zero-order valence-corrected chi connectivity index (χ0v) is 8.72. The molecular formula is C12H19NO. The van der Waals surface area contributed by atoms with Crippen LogP contribution in [0.1, 0.15) is 44.9 Å². The smallest absolute Gasteiger partial charge is 0.220 e. The number of hydrogen-bond donors (Lipinski definition) is 1. The lowest BCUT2D eigenvalue weighted by atomic mass is 9.68. The lowest BCUT2D eigenvalue weighted by Crippen LogP contribution is -2.31. The third-order valence-corrected chi connectivity index (χ3v) is 4.46. The first-order chi connectivity index (χ1) is 6.77. The monoisotopic (exact) mass is 193 g/mol. The Morgan fingerprint density at radius 1 is 1.21 bits per heavy atom. The van der Waals surface area contributed by atoms with Crippen LogP contribution in [-0.2, 0) is 4.79 Å². The van der Waals surface area contributed by atoms with Crippen LogP contribution < -0.4 is 5.32 Å². The molecule has 2 nitrogen and oxygen atoms in total. The van der Waals surface area contributed by atoms with E-state index in [9.17, 15) is 4.79 Å². The largest absolute Gasteiger partial charge is 0.356 e. The van der Waals surface area contributed by atoms with Crippen molar-refractivity contribution in [3.05, 3.63) is 0 Å². The van der Waals surface area contributed by atoms with Crippen LogP contribution in [0.5, 0.6) is 0 Å². The Morgan fingerprint density at radius 2 is 2.07 bits per heavy atom. The molecule has 0 bridgehead atoms. The molecule has 2 heteroatoms. The molecule has 14 heavy (non-hydrogen) atoms. The zero-order chi connectivity index (χ0) is 9.60. The van der Waals surface area contributed by atoms with E-state index in [4.69, 9.17) is 0 Å². The first-order valence-corrected chi connectivity index (χ1v) is 6.04. The fraction of sp³-hybridized carbons (Fsp3) is 0.917. The van der Waals surface area contributed by atoms with Crippen LogP contribution in [0.4, 0.5) is 0 Å². The number of carbonyl (C=O) groups excluding carboxylic acids is 1. The minimum Gasteiger partial charge on any atom is -0.356 e. The summed E-state index contributed by atoms with van der Waals surface area (Å²) in [6.07, 6.45) is 9.14. The lowest BCUT2D eigenvalue weighted by molar-refractivity contribution is -0.119. The van der Waals surface area contributed by atoms with Gasteiger partial charge in [-0.2, -0.15) is 0 Å². The summed E-state index contributed by atoms with van der Waals surface area (Å²) in [5, 5.41) is 3.02. The van der Waals surface area contributed by atoms with Gasteiger partial charge in [0.25, 0.3) is 0 Å². The van der Waals surface area contributed by atoms with Gasteiger partial charge in [0.05, 0.1) is 0 Å². The predicted molar refractivity (Wildman–Crippen MR) is 54.7 cm³/mol. The summed E-state index contributed by atoms with van der Waals surface area (Å²) < 4.78 is 0. The van der Waals surface area contributed by atoms with Crippen molar-refractivity contribution in [1.82, 2.24) is 5.32 Å². The second kappa shape index (κ2) is 2.98. The van der Waals surface area contributed by atoms with Crippen LogP contribution in [0.2, 0.25) is 0 Å². The van der Waals surface area contributed by atoms with E-state index in [1.54, 1.807) is 0 Å². The zero-order valence-electron chi connectivity index (χ0n) is 8.72. The molecule has 2 unspecified atom stereocenters. The van der Waals surface area contributed by atoms with E-state index in [2.05, 4.69) is 5.32 Å². The molecule has 3 fully saturated rings. The van der Waals surface area contributed by atoms with Crippen molar-refractivity contribution in [1.29, 1.82) is 0 Å². The molecule has 2 atom stereocenters. The van der Waals surface area contributed by atoms with Crippen molar-refractivity contribution in [2.24, 2.45) is 17.3 Å². The van der Waals surface area contributed by atoms with Crippen LogP contribution in [0.15, 0.2) is 0 Å². The quantitative estimate of drug-likeness (QED) is 0.679. The molecule has 3 rings (SSSR count). The highest BCUT2D eigenvalue weighted by Gasteiger charge is 2.45. The first-order valence-electron chi connectivity index (χ1n) is 6.04. The summed E-state index contributed by atoms with van der Waals surface area (Å²) in [5.74, 6) is 2.28. The van der Waals surface area contributed by atoms with Crippen LogP contribution in [-0.4, -0.2) is 12.5 Å². The van der Waals surface area contributed by atoms with Crippen molar-refractivity contribution in [2.75, 3.05) is 6.54 Å². The van der Waals surface area contributed by atoms with Crippen molar-refractivity contribution in [3.8, 4) is 0 Å². The SMILES string of the molecule is O=C1CC2(CCCC(C3CC3)C2)CN1. The highest BCUT2D eigenvalue weighted by molar-refractivity contribution is 5.79. The molecule has 0 aromatic carbocycles. The van der Waals surface area contributed by atoms with Gasteiger partial charge in [0.2, 0.25) is 5.91 Å². The Morgan fingerprint density at radius 3 is 2.71 bits per heavy atom. The topological polar surface area (TPSA) is 29.1 Å². The average Bonchev–Trinajstić information content (AvgIpc) is 2.95. The van der Waals surface area contributed by atoms with Gasteiger partial charge < -0.3 is 5.32 Å². The Labute approximate surface area is 85.4 Å². The van der Waals surface area contributed by atoms with E-state index >= 15 is 0 Å². The Balaban J connectivity index is 1.70. The number of nitrogens with one attached hydrogen (secondary N) is 1. The molecule has 78 valence electrons. The summed E-state index contributed by atoms with van der Waals surface area (Å²) in [5.41, 5.74) is 0.378. The predicted octanol–water partition coefficient (Wildman–Crippen LogP) is 2.09. The minimum atomic E-state index is 0.293. The van der Waals surface area contributed by atoms with Gasteiger partial charge in [0.15, 0.2) is 0 Å². The van der Waals surface area contributed by atoms with E-state index in [1.165, 1.54) is 38.5 Å². The fourth-order valence-electron chi connectivity index (χ4n) is 3.54. The first kappa shape index (κ1) is 8.75. The molecular weight excluding hydrogens is 174 g/mol. The van der Waals surface area contributed by atoms with E-state index < -0.39 is 0 Å². The van der Waals surface area contributed by atoms with Crippen molar-refractivity contribution >= 4 is 5.91 Å². The van der Waals surface area contributed by atoms with Crippen LogP contribution in [0.25, 0.3) is 0 Å². The molecule has 1 N–H and O–H groups in total. The van der Waals surface area contributed by atoms with Crippen LogP contribution in [0.3, 0.4) is 0 Å². The maximum Gasteiger partial charge on any atom is 0.220 e. The third kappa shape index (κ3) is 1.45. The highest BCUT2D eigenvalue weighted by Crippen LogP contribution is 2.51. The molecule has 0 aromatic rings. The van der Waals surface area contributed by atoms with Gasteiger partial charge in [-0.15, -0.1) is 0 Å². The Bertz CT molecular complexity index is 259. The number of hydrogen-bond acceptors (Lipinski definition) is 1. The molecule has 2 saturated carbocycles. The number of rotatable bonds is 1. The van der Waals surface area contributed by atoms with Gasteiger partial charge in [-0.05, 0) is 42.9 Å². The van der Waals surface area contributed by atoms with E-state index in [0.717, 1.165) is 24.8 Å². The molecule has 1 spiro atoms. The fourth-order valence-corrected chi connectivity index (χ4v) is 3.54. The van der Waals surface area contributed by atoms with Crippen molar-refractivity contribution < 1.29 is 4.79 Å². The second-order valence-electron chi connectivity index (χ2n) is 5.65. The molecule has 1 heterocycles. The average molecular weight is 193 g/mol. The number of carbonyl (C=O) groups is 1. The van der Waals surface area contributed by atoms with Crippen molar-refractivity contribution in [3.63, 3.8) is 0 Å². The molecule has 1 saturated heterocycles. The van der Waals surface area contributed by atoms with E-state index in [0.29, 0.717) is 11.3 Å². The van der Waals surface area contributed by atoms with Gasteiger partial charge in [-0.3, -0.25) is 4.79 Å². The molecule has 1 aliphatic heterocycles. The molecule has 1 amide bonds. The van der Waals surface area contributed by atoms with E-state index in [-0.39, 0.29) is 0 Å². The lowest BCUT2D eigenvalue weighted by Gasteiger charge is -2.37. The van der Waals surface area contributed by atoms with Crippen LogP contribution in [0, 0.1) is 17.3 Å². The standard InChI is InChI=1S/C12H19NO/c14-11-7-12(8-13-11)5-1-2-10(6-12)9-3-4-9/h9-10H,1-8H2,(H,13,14). The second-order valence-corrected chi connectivity index (χ2v) is 5.65. The minimum absolute atomic E-state index is 0.293. The van der Waals surface area contributed by atoms with E-state index in [1.807, 2.05) is 0 Å². The summed E-state index contributed by atoms with van der Waals surface area (Å²) in [4.78, 5) is 11.3. The highest BCUT2D eigenvalue weighted by atomic mass is 16.1. The van der Waals surface area contributed by atoms with Crippen molar-refractivity contribution in [2.45, 2.75) is 44.9 Å². The summed E-state index contributed by atoms with van der Waals surface area (Å²) in [6.45, 7) is 0.967. The van der Waals surface area contributed by atoms with Gasteiger partial charge in [0.1, 0.15) is 0 Å². The molecule has 3 aliphatic rings. The number of amides is 1. The Kier molecular flexibility index (Phi) is 1.86. The summed E-state index contributed by atoms with van der Waals surface area (Å²) in [6, 6.07) is 0. The van der Waals surface area contributed by atoms with Crippen LogP contribution >= 0.6 is 0 Å². The molecule has 2 aliphatic carbocycles. The normalized spacial score (nSPS) is 42.9. The molecule has 0 aromatic heterocycles. The summed E-state index contributed by atoms with van der Waals surface area (Å²) in [7, 11) is 0. The maximum absolute atomic E-state index is 11.3. The van der Waals surface area contributed by atoms with Gasteiger partial charge in [0, 0.05) is 13.0 Å². The van der Waals surface area contributed by atoms with Gasteiger partial charge >= 0.3 is 0 Å². The van der Waals surface area contributed by atoms with Gasteiger partial charge in [-0.25, -0.2) is 0 Å². The summed E-state index contributed by atoms with van der Waals surface area (Å²) >= 11 is 0. The van der Waals surface area contributed by atoms with Gasteiger partial charge in [-0.1, -0.05) is 12.8 Å².